The maximum atomic E-state index is 13.4. The van der Waals surface area contributed by atoms with Gasteiger partial charge in [0.15, 0.2) is 11.6 Å². The van der Waals surface area contributed by atoms with E-state index in [1.54, 1.807) is 6.07 Å². The van der Waals surface area contributed by atoms with E-state index in [1.807, 2.05) is 0 Å². The maximum absolute atomic E-state index is 13.4. The second-order valence-electron chi connectivity index (χ2n) is 6.10. The lowest BCUT2D eigenvalue weighted by Crippen LogP contribution is -2.37. The summed E-state index contributed by atoms with van der Waals surface area (Å²) in [6, 6.07) is 4.97. The van der Waals surface area contributed by atoms with E-state index in [4.69, 9.17) is 0 Å². The Balaban J connectivity index is 1.82. The smallest absolute Gasteiger partial charge is 0.159 e. The van der Waals surface area contributed by atoms with Crippen molar-refractivity contribution >= 4 is 0 Å². The Hall–Kier alpha value is -1.00. The quantitative estimate of drug-likeness (QED) is 0.916. The molecule has 1 aromatic carbocycles. The Kier molecular flexibility index (Phi) is 3.78. The zero-order valence-electron chi connectivity index (χ0n) is 12.1. The summed E-state index contributed by atoms with van der Waals surface area (Å²) in [6.45, 7) is 7.54. The van der Waals surface area contributed by atoms with Gasteiger partial charge >= 0.3 is 0 Å². The fraction of sp³-hybridized carbons (Fsp3) is 0.625. The number of hydrogen-bond acceptors (Lipinski definition) is 2. The first-order valence-electron chi connectivity index (χ1n) is 7.53. The molecule has 0 saturated carbocycles. The van der Waals surface area contributed by atoms with E-state index in [1.165, 1.54) is 12.1 Å². The predicted molar refractivity (Wildman–Crippen MR) is 75.4 cm³/mol. The zero-order chi connectivity index (χ0) is 14.3. The first kappa shape index (κ1) is 14.0. The Morgan fingerprint density at radius 2 is 2.10 bits per heavy atom. The summed E-state index contributed by atoms with van der Waals surface area (Å²) in [7, 11) is 0. The van der Waals surface area contributed by atoms with Crippen LogP contribution in [0.1, 0.15) is 31.9 Å². The van der Waals surface area contributed by atoms with Crippen molar-refractivity contribution in [2.45, 2.75) is 32.4 Å². The monoisotopic (exact) mass is 280 g/mol. The molecular formula is C16H22F2N2. The van der Waals surface area contributed by atoms with Gasteiger partial charge in [-0.15, -0.1) is 0 Å². The topological polar surface area (TPSA) is 15.3 Å². The van der Waals surface area contributed by atoms with Crippen molar-refractivity contribution in [2.75, 3.05) is 19.6 Å². The molecule has 4 atom stereocenters. The molecule has 2 fully saturated rings. The molecule has 3 rings (SSSR count). The van der Waals surface area contributed by atoms with Crippen LogP contribution in [0.3, 0.4) is 0 Å². The highest BCUT2D eigenvalue weighted by Gasteiger charge is 2.44. The highest BCUT2D eigenvalue weighted by atomic mass is 19.2. The molecule has 2 nitrogen and oxygen atoms in total. The lowest BCUT2D eigenvalue weighted by Gasteiger charge is -2.32. The Bertz CT molecular complexity index is 491. The van der Waals surface area contributed by atoms with Gasteiger partial charge in [-0.2, -0.15) is 0 Å². The zero-order valence-corrected chi connectivity index (χ0v) is 12.1. The largest absolute Gasteiger partial charge is 0.316 e. The van der Waals surface area contributed by atoms with Crippen LogP contribution in [-0.2, 0) is 0 Å². The van der Waals surface area contributed by atoms with E-state index in [0.717, 1.165) is 31.6 Å². The molecular weight excluding hydrogens is 258 g/mol. The molecule has 2 aliphatic rings. The molecule has 4 heteroatoms. The number of hydrogen-bond donors (Lipinski definition) is 1. The summed E-state index contributed by atoms with van der Waals surface area (Å²) in [4.78, 5) is 2.48. The fourth-order valence-electron chi connectivity index (χ4n) is 4.00. The van der Waals surface area contributed by atoms with Crippen LogP contribution < -0.4 is 5.32 Å². The van der Waals surface area contributed by atoms with Crippen LogP contribution in [-0.4, -0.2) is 30.6 Å². The van der Waals surface area contributed by atoms with Gasteiger partial charge in [0.2, 0.25) is 0 Å². The number of nitrogens with zero attached hydrogens (tertiary/aromatic N) is 1. The van der Waals surface area contributed by atoms with Gasteiger partial charge in [0.1, 0.15) is 0 Å². The van der Waals surface area contributed by atoms with Crippen molar-refractivity contribution in [2.24, 2.45) is 11.8 Å². The third-order valence-corrected chi connectivity index (χ3v) is 5.10. The second kappa shape index (κ2) is 5.41. The number of rotatable bonds is 3. The van der Waals surface area contributed by atoms with Gasteiger partial charge in [0.25, 0.3) is 0 Å². The highest BCUT2D eigenvalue weighted by molar-refractivity contribution is 5.22. The van der Waals surface area contributed by atoms with Crippen molar-refractivity contribution < 1.29 is 8.78 Å². The van der Waals surface area contributed by atoms with Gasteiger partial charge < -0.3 is 5.32 Å². The van der Waals surface area contributed by atoms with E-state index >= 15 is 0 Å². The highest BCUT2D eigenvalue weighted by Crippen LogP contribution is 2.39. The third kappa shape index (κ3) is 2.25. The number of benzene rings is 1. The van der Waals surface area contributed by atoms with Crippen LogP contribution in [0.25, 0.3) is 0 Å². The van der Waals surface area contributed by atoms with Crippen LogP contribution in [0, 0.1) is 23.5 Å². The predicted octanol–water partition coefficient (Wildman–Crippen LogP) is 2.96. The van der Waals surface area contributed by atoms with E-state index in [2.05, 4.69) is 24.1 Å². The van der Waals surface area contributed by atoms with E-state index in [-0.39, 0.29) is 6.04 Å². The van der Waals surface area contributed by atoms with Gasteiger partial charge in [-0.25, -0.2) is 8.78 Å². The molecule has 2 saturated heterocycles. The summed E-state index contributed by atoms with van der Waals surface area (Å²) in [5.74, 6) is -0.112. The minimum Gasteiger partial charge on any atom is -0.316 e. The van der Waals surface area contributed by atoms with Crippen LogP contribution in [0.4, 0.5) is 8.78 Å². The lowest BCUT2D eigenvalue weighted by molar-refractivity contribution is 0.165. The van der Waals surface area contributed by atoms with Crippen LogP contribution >= 0.6 is 0 Å². The van der Waals surface area contributed by atoms with Gasteiger partial charge in [0.05, 0.1) is 0 Å². The van der Waals surface area contributed by atoms with E-state index < -0.39 is 11.6 Å². The lowest BCUT2D eigenvalue weighted by atomic mass is 9.92. The Morgan fingerprint density at radius 3 is 2.80 bits per heavy atom. The molecule has 0 aliphatic carbocycles. The molecule has 0 spiro atoms. The van der Waals surface area contributed by atoms with Crippen LogP contribution in [0.2, 0.25) is 0 Å². The average Bonchev–Trinajstić information content (AvgIpc) is 3.01. The maximum Gasteiger partial charge on any atom is 0.159 e. The van der Waals surface area contributed by atoms with Crippen molar-refractivity contribution in [3.05, 3.63) is 35.4 Å². The molecule has 0 aromatic heterocycles. The van der Waals surface area contributed by atoms with Gasteiger partial charge in [-0.3, -0.25) is 4.90 Å². The van der Waals surface area contributed by atoms with Crippen molar-refractivity contribution in [3.8, 4) is 0 Å². The van der Waals surface area contributed by atoms with Gasteiger partial charge in [0, 0.05) is 18.6 Å². The molecule has 4 unspecified atom stereocenters. The fourth-order valence-corrected chi connectivity index (χ4v) is 4.00. The standard InChI is InChI=1S/C16H22F2N2/c1-3-16-13-8-19-7-12(13)9-20(16)10(2)11-4-5-14(17)15(18)6-11/h4-6,10,12-13,16,19H,3,7-9H2,1-2H3. The van der Waals surface area contributed by atoms with Crippen LogP contribution in [0.15, 0.2) is 18.2 Å². The van der Waals surface area contributed by atoms with Crippen molar-refractivity contribution in [3.63, 3.8) is 0 Å². The summed E-state index contributed by atoms with van der Waals surface area (Å²) in [5.41, 5.74) is 0.871. The van der Waals surface area contributed by atoms with Gasteiger partial charge in [-0.1, -0.05) is 13.0 Å². The number of nitrogens with one attached hydrogen (secondary N) is 1. The van der Waals surface area contributed by atoms with Crippen molar-refractivity contribution in [1.29, 1.82) is 0 Å². The first-order valence-corrected chi connectivity index (χ1v) is 7.53. The average molecular weight is 280 g/mol. The first-order chi connectivity index (χ1) is 9.61. The second-order valence-corrected chi connectivity index (χ2v) is 6.10. The minimum absolute atomic E-state index is 0.139. The molecule has 1 aromatic rings. The molecule has 0 amide bonds. The number of halogens is 2. The molecule has 0 bridgehead atoms. The SMILES string of the molecule is CCC1C2CNCC2CN1C(C)c1ccc(F)c(F)c1. The Morgan fingerprint density at radius 1 is 1.30 bits per heavy atom. The van der Waals surface area contributed by atoms with E-state index in [0.29, 0.717) is 17.9 Å². The van der Waals surface area contributed by atoms with Crippen LogP contribution in [0.5, 0.6) is 0 Å². The molecule has 1 N–H and O–H groups in total. The number of fused-ring (bicyclic) bond motifs is 1. The van der Waals surface area contributed by atoms with Crippen molar-refractivity contribution in [1.82, 2.24) is 10.2 Å². The Labute approximate surface area is 119 Å². The summed E-state index contributed by atoms with van der Waals surface area (Å²) < 4.78 is 26.5. The normalized spacial score (nSPS) is 31.5. The third-order valence-electron chi connectivity index (χ3n) is 5.10. The summed E-state index contributed by atoms with van der Waals surface area (Å²) >= 11 is 0. The number of likely N-dealkylation sites (tertiary alicyclic amines) is 1. The van der Waals surface area contributed by atoms with E-state index in [9.17, 15) is 8.78 Å². The molecule has 20 heavy (non-hydrogen) atoms. The summed E-state index contributed by atoms with van der Waals surface area (Å²) in [5, 5.41) is 3.47. The molecule has 2 heterocycles. The minimum atomic E-state index is -0.768. The molecule has 0 radical (unpaired) electrons. The van der Waals surface area contributed by atoms with Gasteiger partial charge in [-0.05, 0) is 56.0 Å². The summed E-state index contributed by atoms with van der Waals surface area (Å²) in [6.07, 6.45) is 1.11. The molecule has 2 aliphatic heterocycles. The molecule has 110 valence electrons.